The molecular weight excluding hydrogens is 210 g/mol. The van der Waals surface area contributed by atoms with Crippen LogP contribution in [0.4, 0.5) is 0 Å². The van der Waals surface area contributed by atoms with Gasteiger partial charge in [-0.1, -0.05) is 18.2 Å². The van der Waals surface area contributed by atoms with Crippen LogP contribution in [0.25, 0.3) is 11.0 Å². The second-order valence-electron chi connectivity index (χ2n) is 3.48. The molecule has 2 unspecified atom stereocenters. The number of carbonyl (C=O) groups is 1. The van der Waals surface area contributed by atoms with E-state index in [0.29, 0.717) is 5.58 Å². The third-order valence-corrected chi connectivity index (χ3v) is 2.33. The normalized spacial score (nSPS) is 14.9. The van der Waals surface area contributed by atoms with Crippen LogP contribution in [0.5, 0.6) is 0 Å². The Labute approximate surface area is 91.1 Å². The van der Waals surface area contributed by atoms with Crippen molar-refractivity contribution >= 4 is 16.9 Å². The quantitative estimate of drug-likeness (QED) is 0.695. The van der Waals surface area contributed by atoms with Crippen molar-refractivity contribution in [3.05, 3.63) is 36.1 Å². The molecule has 0 aliphatic carbocycles. The van der Waals surface area contributed by atoms with Gasteiger partial charge in [-0.25, -0.2) is 0 Å². The summed E-state index contributed by atoms with van der Waals surface area (Å²) in [4.78, 5) is 10.7. The number of fused-ring (bicyclic) bond motifs is 1. The summed E-state index contributed by atoms with van der Waals surface area (Å²) < 4.78 is 5.28. The Balaban J connectivity index is 2.36. The highest BCUT2D eigenvalue weighted by molar-refractivity contribution is 5.80. The number of rotatable bonds is 3. The van der Waals surface area contributed by atoms with Gasteiger partial charge >= 0.3 is 0 Å². The average Bonchev–Trinajstić information content (AvgIpc) is 2.70. The molecule has 16 heavy (non-hydrogen) atoms. The fraction of sp³-hybridized carbons (Fsp3) is 0.182. The van der Waals surface area contributed by atoms with Crippen molar-refractivity contribution in [2.45, 2.75) is 12.2 Å². The maximum atomic E-state index is 10.7. The van der Waals surface area contributed by atoms with Crippen molar-refractivity contribution in [1.82, 2.24) is 0 Å². The first-order chi connectivity index (χ1) is 7.59. The summed E-state index contributed by atoms with van der Waals surface area (Å²) in [5, 5.41) is 19.7. The number of nitrogens with two attached hydrogens (primary N) is 1. The fourth-order valence-corrected chi connectivity index (χ4v) is 1.46. The number of para-hydroxylation sites is 1. The van der Waals surface area contributed by atoms with E-state index in [9.17, 15) is 15.0 Å². The van der Waals surface area contributed by atoms with Crippen molar-refractivity contribution in [2.75, 3.05) is 0 Å². The number of furan rings is 1. The van der Waals surface area contributed by atoms with E-state index in [1.807, 2.05) is 6.07 Å². The molecule has 5 nitrogen and oxygen atoms in total. The molecule has 0 bridgehead atoms. The van der Waals surface area contributed by atoms with Crippen molar-refractivity contribution in [2.24, 2.45) is 5.73 Å². The predicted molar refractivity (Wildman–Crippen MR) is 56.4 cm³/mol. The van der Waals surface area contributed by atoms with Crippen LogP contribution in [0.1, 0.15) is 11.9 Å². The van der Waals surface area contributed by atoms with Crippen LogP contribution in [0.15, 0.2) is 34.7 Å². The molecule has 0 radical (unpaired) electrons. The zero-order chi connectivity index (χ0) is 11.7. The van der Waals surface area contributed by atoms with E-state index in [1.54, 1.807) is 24.3 Å². The third kappa shape index (κ3) is 1.78. The van der Waals surface area contributed by atoms with Gasteiger partial charge < -0.3 is 20.4 Å². The lowest BCUT2D eigenvalue weighted by Crippen LogP contribution is -2.33. The van der Waals surface area contributed by atoms with Crippen LogP contribution in [-0.4, -0.2) is 22.2 Å². The SMILES string of the molecule is NC(=O)C(O)C(O)c1cc2ccccc2o1. The van der Waals surface area contributed by atoms with E-state index in [4.69, 9.17) is 10.2 Å². The molecule has 4 N–H and O–H groups in total. The maximum absolute atomic E-state index is 10.7. The highest BCUT2D eigenvalue weighted by Gasteiger charge is 2.26. The van der Waals surface area contributed by atoms with Crippen molar-refractivity contribution in [1.29, 1.82) is 0 Å². The van der Waals surface area contributed by atoms with E-state index < -0.39 is 18.1 Å². The van der Waals surface area contributed by atoms with Gasteiger partial charge in [-0.3, -0.25) is 4.79 Å². The van der Waals surface area contributed by atoms with E-state index in [1.165, 1.54) is 0 Å². The summed E-state index contributed by atoms with van der Waals surface area (Å²) in [6.45, 7) is 0. The number of hydrogen-bond donors (Lipinski definition) is 3. The van der Waals surface area contributed by atoms with Gasteiger partial charge in [0.15, 0.2) is 6.10 Å². The minimum Gasteiger partial charge on any atom is -0.458 e. The Kier molecular flexibility index (Phi) is 2.64. The Hall–Kier alpha value is -1.85. The number of benzene rings is 1. The van der Waals surface area contributed by atoms with E-state index in [0.717, 1.165) is 5.39 Å². The number of primary amides is 1. The molecule has 0 fully saturated rings. The molecule has 0 aliphatic heterocycles. The van der Waals surface area contributed by atoms with Gasteiger partial charge in [-0.15, -0.1) is 0 Å². The van der Waals surface area contributed by atoms with Gasteiger partial charge in [0, 0.05) is 5.39 Å². The minimum atomic E-state index is -1.67. The number of aliphatic hydroxyl groups is 2. The Morgan fingerprint density at radius 3 is 2.62 bits per heavy atom. The van der Waals surface area contributed by atoms with Gasteiger partial charge in [-0.2, -0.15) is 0 Å². The smallest absolute Gasteiger partial charge is 0.249 e. The molecule has 1 aromatic carbocycles. The van der Waals surface area contributed by atoms with Crippen LogP contribution in [-0.2, 0) is 4.79 Å². The molecule has 0 spiro atoms. The largest absolute Gasteiger partial charge is 0.458 e. The van der Waals surface area contributed by atoms with E-state index in [-0.39, 0.29) is 5.76 Å². The van der Waals surface area contributed by atoms with Crippen LogP contribution in [0.3, 0.4) is 0 Å². The van der Waals surface area contributed by atoms with Crippen LogP contribution in [0.2, 0.25) is 0 Å². The second kappa shape index (κ2) is 3.96. The van der Waals surface area contributed by atoms with Crippen LogP contribution >= 0.6 is 0 Å². The lowest BCUT2D eigenvalue weighted by atomic mass is 10.1. The van der Waals surface area contributed by atoms with E-state index in [2.05, 4.69) is 0 Å². The molecule has 0 saturated heterocycles. The summed E-state index contributed by atoms with van der Waals surface area (Å²) in [5.74, 6) is -0.875. The Morgan fingerprint density at radius 2 is 2.00 bits per heavy atom. The molecule has 1 aromatic heterocycles. The molecule has 0 saturated carbocycles. The topological polar surface area (TPSA) is 96.7 Å². The first-order valence-corrected chi connectivity index (χ1v) is 4.73. The van der Waals surface area contributed by atoms with Crippen molar-refractivity contribution in [3.8, 4) is 0 Å². The first kappa shape index (κ1) is 10.7. The summed E-state index contributed by atoms with van der Waals surface area (Å²) in [5.41, 5.74) is 5.45. The number of carbonyl (C=O) groups excluding carboxylic acids is 1. The molecule has 2 aromatic rings. The average molecular weight is 221 g/mol. The first-order valence-electron chi connectivity index (χ1n) is 4.73. The number of amides is 1. The van der Waals surface area contributed by atoms with Gasteiger partial charge in [0.25, 0.3) is 0 Å². The summed E-state index contributed by atoms with van der Waals surface area (Å²) in [7, 11) is 0. The maximum Gasteiger partial charge on any atom is 0.249 e. The van der Waals surface area contributed by atoms with Gasteiger partial charge in [-0.05, 0) is 12.1 Å². The third-order valence-electron chi connectivity index (χ3n) is 2.33. The molecule has 0 aliphatic rings. The molecule has 84 valence electrons. The summed E-state index contributed by atoms with van der Waals surface area (Å²) in [6, 6.07) is 8.69. The van der Waals surface area contributed by atoms with Crippen LogP contribution < -0.4 is 5.73 Å². The van der Waals surface area contributed by atoms with E-state index >= 15 is 0 Å². The van der Waals surface area contributed by atoms with Crippen LogP contribution in [0, 0.1) is 0 Å². The minimum absolute atomic E-state index is 0.118. The highest BCUT2D eigenvalue weighted by Crippen LogP contribution is 2.25. The van der Waals surface area contributed by atoms with Gasteiger partial charge in [0.1, 0.15) is 17.4 Å². The summed E-state index contributed by atoms with van der Waals surface area (Å²) >= 11 is 0. The lowest BCUT2D eigenvalue weighted by molar-refractivity contribution is -0.132. The van der Waals surface area contributed by atoms with Crippen molar-refractivity contribution < 1.29 is 19.4 Å². The monoisotopic (exact) mass is 221 g/mol. The van der Waals surface area contributed by atoms with Gasteiger partial charge in [0.05, 0.1) is 0 Å². The molecule has 2 rings (SSSR count). The van der Waals surface area contributed by atoms with Crippen molar-refractivity contribution in [3.63, 3.8) is 0 Å². The summed E-state index contributed by atoms with van der Waals surface area (Å²) in [6.07, 6.45) is -3.11. The zero-order valence-electron chi connectivity index (χ0n) is 8.33. The highest BCUT2D eigenvalue weighted by atomic mass is 16.4. The van der Waals surface area contributed by atoms with Gasteiger partial charge in [0.2, 0.25) is 5.91 Å². The number of hydrogen-bond acceptors (Lipinski definition) is 4. The molecular formula is C11H11NO4. The zero-order valence-corrected chi connectivity index (χ0v) is 8.33. The Bertz CT molecular complexity index is 486. The Morgan fingerprint density at radius 1 is 1.31 bits per heavy atom. The molecule has 5 heteroatoms. The molecule has 2 atom stereocenters. The lowest BCUT2D eigenvalue weighted by Gasteiger charge is -2.11. The standard InChI is InChI=1S/C11H11NO4/c12-11(15)10(14)9(13)8-5-6-3-1-2-4-7(6)16-8/h1-5,9-10,13-14H,(H2,12,15). The molecule has 1 heterocycles. The fourth-order valence-electron chi connectivity index (χ4n) is 1.46. The second-order valence-corrected chi connectivity index (χ2v) is 3.48. The number of aliphatic hydroxyl groups excluding tert-OH is 2. The molecule has 1 amide bonds. The predicted octanol–water partition coefficient (Wildman–Crippen LogP) is 0.312.